The molecule has 1 N–H and O–H groups in total. The maximum atomic E-state index is 10.6. The fraction of sp³-hybridized carbons (Fsp3) is 0.700. The van der Waals surface area contributed by atoms with Gasteiger partial charge in [0.2, 0.25) is 0 Å². The zero-order valence-electron chi connectivity index (χ0n) is 13.8. The maximum Gasteiger partial charge on any atom is 0.119 e. The van der Waals surface area contributed by atoms with Crippen LogP contribution in [0.15, 0.2) is 18.2 Å². The van der Waals surface area contributed by atoms with E-state index in [1.54, 1.807) is 12.7 Å². The number of aliphatic hydroxyl groups is 1. The van der Waals surface area contributed by atoms with Gasteiger partial charge in [0.1, 0.15) is 5.75 Å². The van der Waals surface area contributed by atoms with E-state index in [1.807, 2.05) is 0 Å². The molecular formula is C20H28O2. The normalized spacial score (nSPS) is 39.8. The highest BCUT2D eigenvalue weighted by Crippen LogP contribution is 2.62. The lowest BCUT2D eigenvalue weighted by Crippen LogP contribution is -2.45. The van der Waals surface area contributed by atoms with E-state index in [1.165, 1.54) is 37.7 Å². The Kier molecular flexibility index (Phi) is 3.48. The highest BCUT2D eigenvalue weighted by atomic mass is 16.5. The molecular weight excluding hydrogens is 272 g/mol. The summed E-state index contributed by atoms with van der Waals surface area (Å²) in [7, 11) is 1.75. The van der Waals surface area contributed by atoms with E-state index < -0.39 is 0 Å². The monoisotopic (exact) mass is 300 g/mol. The van der Waals surface area contributed by atoms with E-state index in [2.05, 4.69) is 25.1 Å². The molecule has 0 aromatic heterocycles. The van der Waals surface area contributed by atoms with Crippen molar-refractivity contribution in [3.63, 3.8) is 0 Å². The third kappa shape index (κ3) is 1.89. The van der Waals surface area contributed by atoms with Crippen molar-refractivity contribution >= 4 is 0 Å². The van der Waals surface area contributed by atoms with Crippen LogP contribution in [0.1, 0.15) is 62.5 Å². The summed E-state index contributed by atoms with van der Waals surface area (Å²) in [5.41, 5.74) is 3.30. The molecule has 2 fully saturated rings. The number of methoxy groups -OCH3 is 1. The average Bonchev–Trinajstić information content (AvgIpc) is 2.91. The Morgan fingerprint density at radius 1 is 1.23 bits per heavy atom. The topological polar surface area (TPSA) is 29.5 Å². The quantitative estimate of drug-likeness (QED) is 0.882. The van der Waals surface area contributed by atoms with Crippen LogP contribution in [0.5, 0.6) is 5.75 Å². The predicted octanol–water partition coefficient (Wildman–Crippen LogP) is 4.30. The fourth-order valence-electron chi connectivity index (χ4n) is 6.14. The largest absolute Gasteiger partial charge is 0.497 e. The van der Waals surface area contributed by atoms with Crippen LogP contribution in [-0.2, 0) is 6.42 Å². The number of hydrogen-bond acceptors (Lipinski definition) is 2. The van der Waals surface area contributed by atoms with Crippen molar-refractivity contribution < 1.29 is 9.84 Å². The van der Waals surface area contributed by atoms with Crippen LogP contribution in [0, 0.1) is 17.3 Å². The standard InChI is InChI=1S/C20H28O2/c1-3-20-11-10-16-15-7-5-14(22-2)12-13(15)4-6-17(16)18(20)8-9-19(20)21/h5,7,12,16-19,21H,3-4,6,8-11H2,1-2H3/t16-,17-,18-,19+,20+/m1/s1. The summed E-state index contributed by atoms with van der Waals surface area (Å²) in [5.74, 6) is 3.23. The number of aliphatic hydroxyl groups excluding tert-OH is 1. The van der Waals surface area contributed by atoms with E-state index in [9.17, 15) is 5.11 Å². The molecule has 0 spiro atoms. The van der Waals surface area contributed by atoms with Crippen molar-refractivity contribution in [1.82, 2.24) is 0 Å². The molecule has 0 aliphatic heterocycles. The number of ether oxygens (including phenoxy) is 1. The Bertz CT molecular complexity index is 567. The second kappa shape index (κ2) is 5.26. The second-order valence-corrected chi connectivity index (χ2v) is 7.70. The fourth-order valence-corrected chi connectivity index (χ4v) is 6.14. The molecule has 120 valence electrons. The van der Waals surface area contributed by atoms with Gasteiger partial charge in [-0.05, 0) is 91.4 Å². The molecule has 2 saturated carbocycles. The maximum absolute atomic E-state index is 10.6. The third-order valence-corrected chi connectivity index (χ3v) is 7.26. The molecule has 1 aromatic carbocycles. The molecule has 0 unspecified atom stereocenters. The molecule has 0 radical (unpaired) electrons. The Balaban J connectivity index is 1.68. The molecule has 2 heteroatoms. The number of benzene rings is 1. The van der Waals surface area contributed by atoms with E-state index in [0.717, 1.165) is 30.4 Å². The smallest absolute Gasteiger partial charge is 0.119 e. The molecule has 4 rings (SSSR count). The zero-order valence-corrected chi connectivity index (χ0v) is 13.8. The Labute approximate surface area is 133 Å². The van der Waals surface area contributed by atoms with Gasteiger partial charge in [-0.3, -0.25) is 0 Å². The minimum atomic E-state index is -0.0549. The van der Waals surface area contributed by atoms with Crippen LogP contribution in [0.3, 0.4) is 0 Å². The van der Waals surface area contributed by atoms with Gasteiger partial charge in [-0.1, -0.05) is 13.0 Å². The molecule has 0 amide bonds. The van der Waals surface area contributed by atoms with Crippen LogP contribution in [0.2, 0.25) is 0 Å². The van der Waals surface area contributed by atoms with Gasteiger partial charge in [0.05, 0.1) is 13.2 Å². The highest BCUT2D eigenvalue weighted by molar-refractivity contribution is 5.40. The summed E-state index contributed by atoms with van der Waals surface area (Å²) < 4.78 is 5.40. The zero-order chi connectivity index (χ0) is 15.3. The first-order valence-electron chi connectivity index (χ1n) is 9.04. The first-order chi connectivity index (χ1) is 10.7. The van der Waals surface area contributed by atoms with Crippen LogP contribution in [0.4, 0.5) is 0 Å². The minimum Gasteiger partial charge on any atom is -0.497 e. The average molecular weight is 300 g/mol. The highest BCUT2D eigenvalue weighted by Gasteiger charge is 2.55. The summed E-state index contributed by atoms with van der Waals surface area (Å²) in [6.45, 7) is 2.30. The molecule has 2 nitrogen and oxygen atoms in total. The summed E-state index contributed by atoms with van der Waals surface area (Å²) in [5, 5.41) is 10.6. The summed E-state index contributed by atoms with van der Waals surface area (Å²) in [6.07, 6.45) is 8.30. The lowest BCUT2D eigenvalue weighted by molar-refractivity contribution is -0.0394. The lowest BCUT2D eigenvalue weighted by Gasteiger charge is -2.51. The Morgan fingerprint density at radius 3 is 2.86 bits per heavy atom. The molecule has 1 aromatic rings. The van der Waals surface area contributed by atoms with Gasteiger partial charge >= 0.3 is 0 Å². The summed E-state index contributed by atoms with van der Waals surface area (Å²) >= 11 is 0. The minimum absolute atomic E-state index is 0.0549. The van der Waals surface area contributed by atoms with Crippen LogP contribution >= 0.6 is 0 Å². The van der Waals surface area contributed by atoms with E-state index >= 15 is 0 Å². The van der Waals surface area contributed by atoms with Crippen molar-refractivity contribution in [3.05, 3.63) is 29.3 Å². The van der Waals surface area contributed by atoms with Crippen molar-refractivity contribution in [2.45, 2.75) is 63.9 Å². The molecule has 3 aliphatic rings. The van der Waals surface area contributed by atoms with Crippen LogP contribution in [-0.4, -0.2) is 18.3 Å². The molecule has 0 saturated heterocycles. The van der Waals surface area contributed by atoms with Gasteiger partial charge in [-0.2, -0.15) is 0 Å². The predicted molar refractivity (Wildman–Crippen MR) is 88.2 cm³/mol. The Morgan fingerprint density at radius 2 is 2.09 bits per heavy atom. The van der Waals surface area contributed by atoms with E-state index in [0.29, 0.717) is 5.92 Å². The first kappa shape index (κ1) is 14.6. The van der Waals surface area contributed by atoms with Crippen molar-refractivity contribution in [1.29, 1.82) is 0 Å². The summed E-state index contributed by atoms with van der Waals surface area (Å²) in [4.78, 5) is 0. The van der Waals surface area contributed by atoms with Crippen molar-refractivity contribution in [2.75, 3.05) is 7.11 Å². The number of rotatable bonds is 2. The first-order valence-corrected chi connectivity index (χ1v) is 9.04. The number of fused-ring (bicyclic) bond motifs is 5. The molecule has 5 atom stereocenters. The van der Waals surface area contributed by atoms with Crippen molar-refractivity contribution in [2.24, 2.45) is 17.3 Å². The van der Waals surface area contributed by atoms with E-state index in [-0.39, 0.29) is 11.5 Å². The van der Waals surface area contributed by atoms with Gasteiger partial charge in [0, 0.05) is 0 Å². The molecule has 0 bridgehead atoms. The van der Waals surface area contributed by atoms with Gasteiger partial charge in [0.15, 0.2) is 0 Å². The molecule has 3 aliphatic carbocycles. The summed E-state index contributed by atoms with van der Waals surface area (Å²) in [6, 6.07) is 6.69. The van der Waals surface area contributed by atoms with Crippen LogP contribution < -0.4 is 4.74 Å². The lowest BCUT2D eigenvalue weighted by atomic mass is 9.54. The number of aryl methyl sites for hydroxylation is 1. The SMILES string of the molecule is CC[C@]12CC[C@@H]3c4ccc(OC)cc4CC[C@H]3[C@H]1CC[C@@H]2O. The molecule has 0 heterocycles. The van der Waals surface area contributed by atoms with Gasteiger partial charge in [-0.15, -0.1) is 0 Å². The van der Waals surface area contributed by atoms with Gasteiger partial charge in [-0.25, -0.2) is 0 Å². The number of hydrogen-bond donors (Lipinski definition) is 1. The van der Waals surface area contributed by atoms with Crippen molar-refractivity contribution in [3.8, 4) is 5.75 Å². The third-order valence-electron chi connectivity index (χ3n) is 7.26. The van der Waals surface area contributed by atoms with Crippen LogP contribution in [0.25, 0.3) is 0 Å². The van der Waals surface area contributed by atoms with E-state index in [4.69, 9.17) is 4.74 Å². The second-order valence-electron chi connectivity index (χ2n) is 7.70. The van der Waals surface area contributed by atoms with Gasteiger partial charge in [0.25, 0.3) is 0 Å². The Hall–Kier alpha value is -1.02. The molecule has 22 heavy (non-hydrogen) atoms. The van der Waals surface area contributed by atoms with Gasteiger partial charge < -0.3 is 9.84 Å².